The summed E-state index contributed by atoms with van der Waals surface area (Å²) in [6, 6.07) is 8.29. The maximum absolute atomic E-state index is 12.5. The molecule has 2 aliphatic heterocycles. The first-order valence-electron chi connectivity index (χ1n) is 9.07. The molecule has 0 aliphatic carbocycles. The molecule has 0 radical (unpaired) electrons. The van der Waals surface area contributed by atoms with E-state index in [4.69, 9.17) is 13.9 Å². The fraction of sp³-hybridized carbons (Fsp3) is 0.350. The molecule has 8 nitrogen and oxygen atoms in total. The van der Waals surface area contributed by atoms with E-state index >= 15 is 0 Å². The number of fused-ring (bicyclic) bond motifs is 1. The highest BCUT2D eigenvalue weighted by atomic mass is 16.5. The molecule has 146 valence electrons. The molecular weight excluding hydrogens is 364 g/mol. The summed E-state index contributed by atoms with van der Waals surface area (Å²) >= 11 is 0. The van der Waals surface area contributed by atoms with Crippen LogP contribution in [0.5, 0.6) is 5.75 Å². The lowest BCUT2D eigenvalue weighted by atomic mass is 10.1. The number of carbonyl (C=O) groups is 3. The number of Topliss-reactive ketones (excluding diaryl/α,β-unsaturated/α-hetero) is 1. The Morgan fingerprint density at radius 2 is 1.89 bits per heavy atom. The van der Waals surface area contributed by atoms with Crippen molar-refractivity contribution in [3.8, 4) is 5.75 Å². The zero-order valence-corrected chi connectivity index (χ0v) is 15.5. The van der Waals surface area contributed by atoms with Gasteiger partial charge in [0.05, 0.1) is 25.4 Å². The fourth-order valence-corrected chi connectivity index (χ4v) is 3.25. The molecule has 2 amide bonds. The minimum atomic E-state index is -0.245. The standard InChI is InChI=1S/C20H20N2O6/c1-13(23)14-2-4-17-16(10-14)22(19(24)12-27-17)11-15-3-5-18(28-15)20(25)21-6-8-26-9-7-21/h2-5,10H,6-9,11-12H2,1H3. The smallest absolute Gasteiger partial charge is 0.289 e. The van der Waals surface area contributed by atoms with Crippen molar-refractivity contribution < 1.29 is 28.3 Å². The zero-order valence-electron chi connectivity index (χ0n) is 15.5. The Hall–Kier alpha value is -3.13. The molecule has 0 bridgehead atoms. The monoisotopic (exact) mass is 384 g/mol. The Labute approximate surface area is 161 Å². The minimum Gasteiger partial charge on any atom is -0.482 e. The summed E-state index contributed by atoms with van der Waals surface area (Å²) in [5.74, 6) is 0.701. The summed E-state index contributed by atoms with van der Waals surface area (Å²) in [6.07, 6.45) is 0. The summed E-state index contributed by atoms with van der Waals surface area (Å²) in [7, 11) is 0. The van der Waals surface area contributed by atoms with E-state index in [1.54, 1.807) is 35.2 Å². The first-order valence-corrected chi connectivity index (χ1v) is 9.07. The highest BCUT2D eigenvalue weighted by molar-refractivity contribution is 6.01. The second-order valence-electron chi connectivity index (χ2n) is 6.68. The van der Waals surface area contributed by atoms with Gasteiger partial charge in [0.15, 0.2) is 18.2 Å². The van der Waals surface area contributed by atoms with Crippen molar-refractivity contribution in [2.45, 2.75) is 13.5 Å². The van der Waals surface area contributed by atoms with Crippen LogP contribution < -0.4 is 9.64 Å². The molecule has 0 spiro atoms. The van der Waals surface area contributed by atoms with Gasteiger partial charge in [-0.05, 0) is 37.3 Å². The quantitative estimate of drug-likeness (QED) is 0.748. The normalized spacial score (nSPS) is 16.5. The Balaban J connectivity index is 1.55. The second kappa shape index (κ2) is 7.47. The molecule has 1 aromatic carbocycles. The van der Waals surface area contributed by atoms with E-state index in [2.05, 4.69) is 0 Å². The first-order chi connectivity index (χ1) is 13.5. The lowest BCUT2D eigenvalue weighted by Gasteiger charge is -2.29. The number of anilines is 1. The van der Waals surface area contributed by atoms with Gasteiger partial charge in [-0.25, -0.2) is 0 Å². The minimum absolute atomic E-state index is 0.0906. The van der Waals surface area contributed by atoms with Crippen LogP contribution >= 0.6 is 0 Å². The van der Waals surface area contributed by atoms with Crippen LogP contribution in [0, 0.1) is 0 Å². The number of amides is 2. The van der Waals surface area contributed by atoms with Gasteiger partial charge in [0.25, 0.3) is 11.8 Å². The number of hydrogen-bond acceptors (Lipinski definition) is 6. The molecule has 8 heteroatoms. The molecular formula is C20H20N2O6. The molecule has 1 fully saturated rings. The van der Waals surface area contributed by atoms with E-state index in [0.717, 1.165) is 0 Å². The summed E-state index contributed by atoms with van der Waals surface area (Å²) in [4.78, 5) is 39.8. The number of benzene rings is 1. The molecule has 1 aromatic heterocycles. The van der Waals surface area contributed by atoms with Gasteiger partial charge in [-0.1, -0.05) is 0 Å². The van der Waals surface area contributed by atoms with Crippen molar-refractivity contribution in [3.63, 3.8) is 0 Å². The van der Waals surface area contributed by atoms with Crippen LogP contribution in [0.2, 0.25) is 0 Å². The number of rotatable bonds is 4. The number of carbonyl (C=O) groups excluding carboxylic acids is 3. The van der Waals surface area contributed by atoms with Crippen LogP contribution in [0.25, 0.3) is 0 Å². The predicted molar refractivity (Wildman–Crippen MR) is 98.6 cm³/mol. The van der Waals surface area contributed by atoms with E-state index in [9.17, 15) is 14.4 Å². The lowest BCUT2D eigenvalue weighted by Crippen LogP contribution is -2.40. The van der Waals surface area contributed by atoms with Gasteiger partial charge in [-0.2, -0.15) is 0 Å². The number of nitrogens with zero attached hydrogens (tertiary/aromatic N) is 2. The molecule has 4 rings (SSSR count). The van der Waals surface area contributed by atoms with Crippen LogP contribution in [-0.4, -0.2) is 55.4 Å². The Morgan fingerprint density at radius 1 is 1.11 bits per heavy atom. The number of furan rings is 1. The first kappa shape index (κ1) is 18.2. The number of morpholine rings is 1. The van der Waals surface area contributed by atoms with E-state index in [1.165, 1.54) is 11.8 Å². The van der Waals surface area contributed by atoms with E-state index in [0.29, 0.717) is 49.1 Å². The molecule has 2 aliphatic rings. The lowest BCUT2D eigenvalue weighted by molar-refractivity contribution is -0.121. The molecule has 0 atom stereocenters. The third kappa shape index (κ3) is 3.50. The zero-order chi connectivity index (χ0) is 19.7. The van der Waals surface area contributed by atoms with Crippen molar-refractivity contribution >= 4 is 23.3 Å². The van der Waals surface area contributed by atoms with Gasteiger partial charge in [-0.3, -0.25) is 19.3 Å². The Bertz CT molecular complexity index is 929. The van der Waals surface area contributed by atoms with Gasteiger partial charge in [-0.15, -0.1) is 0 Å². The molecule has 28 heavy (non-hydrogen) atoms. The summed E-state index contributed by atoms with van der Waals surface area (Å²) < 4.78 is 16.4. The van der Waals surface area contributed by atoms with Gasteiger partial charge in [0, 0.05) is 18.7 Å². The number of ether oxygens (including phenoxy) is 2. The number of hydrogen-bond donors (Lipinski definition) is 0. The van der Waals surface area contributed by atoms with Gasteiger partial charge < -0.3 is 18.8 Å². The van der Waals surface area contributed by atoms with Crippen LogP contribution in [0.4, 0.5) is 5.69 Å². The molecule has 3 heterocycles. The third-order valence-electron chi connectivity index (χ3n) is 4.79. The van der Waals surface area contributed by atoms with Gasteiger partial charge >= 0.3 is 0 Å². The van der Waals surface area contributed by atoms with Crippen LogP contribution in [-0.2, 0) is 16.1 Å². The van der Waals surface area contributed by atoms with Crippen molar-refractivity contribution in [1.82, 2.24) is 4.90 Å². The Morgan fingerprint density at radius 3 is 2.64 bits per heavy atom. The molecule has 0 saturated carbocycles. The largest absolute Gasteiger partial charge is 0.482 e. The van der Waals surface area contributed by atoms with Crippen molar-refractivity contribution in [2.75, 3.05) is 37.8 Å². The van der Waals surface area contributed by atoms with E-state index in [-0.39, 0.29) is 36.5 Å². The molecule has 0 N–H and O–H groups in total. The Kier molecular flexibility index (Phi) is 4.87. The maximum atomic E-state index is 12.5. The molecule has 0 unspecified atom stereocenters. The van der Waals surface area contributed by atoms with Crippen LogP contribution in [0.15, 0.2) is 34.7 Å². The van der Waals surface area contributed by atoms with E-state index < -0.39 is 0 Å². The van der Waals surface area contributed by atoms with Crippen LogP contribution in [0.1, 0.15) is 33.6 Å². The molecule has 1 saturated heterocycles. The maximum Gasteiger partial charge on any atom is 0.289 e. The van der Waals surface area contributed by atoms with Gasteiger partial charge in [0.1, 0.15) is 11.5 Å². The highest BCUT2D eigenvalue weighted by Crippen LogP contribution is 2.34. The average molecular weight is 384 g/mol. The molecule has 2 aromatic rings. The predicted octanol–water partition coefficient (Wildman–Crippen LogP) is 1.88. The SMILES string of the molecule is CC(=O)c1ccc2c(c1)N(Cc1ccc(C(=O)N3CCOCC3)o1)C(=O)CO2. The van der Waals surface area contributed by atoms with Crippen molar-refractivity contribution in [1.29, 1.82) is 0 Å². The van der Waals surface area contributed by atoms with Crippen molar-refractivity contribution in [3.05, 3.63) is 47.4 Å². The summed E-state index contributed by atoms with van der Waals surface area (Å²) in [5, 5.41) is 0. The highest BCUT2D eigenvalue weighted by Gasteiger charge is 2.28. The average Bonchev–Trinajstić information content (AvgIpc) is 3.18. The third-order valence-corrected chi connectivity index (χ3v) is 4.79. The summed E-state index contributed by atoms with van der Waals surface area (Å²) in [5.41, 5.74) is 1.01. The van der Waals surface area contributed by atoms with Crippen LogP contribution in [0.3, 0.4) is 0 Å². The van der Waals surface area contributed by atoms with Crippen molar-refractivity contribution in [2.24, 2.45) is 0 Å². The number of ketones is 1. The summed E-state index contributed by atoms with van der Waals surface area (Å²) in [6.45, 7) is 3.59. The second-order valence-corrected chi connectivity index (χ2v) is 6.68. The van der Waals surface area contributed by atoms with E-state index in [1.807, 2.05) is 0 Å². The topological polar surface area (TPSA) is 89.3 Å². The fourth-order valence-electron chi connectivity index (χ4n) is 3.25. The van der Waals surface area contributed by atoms with Gasteiger partial charge in [0.2, 0.25) is 0 Å².